The van der Waals surface area contributed by atoms with Gasteiger partial charge in [0.15, 0.2) is 11.5 Å². The molecule has 9 nitrogen and oxygen atoms in total. The van der Waals surface area contributed by atoms with E-state index < -0.39 is 0 Å². The normalized spacial score (nSPS) is 20.1. The van der Waals surface area contributed by atoms with E-state index in [1.54, 1.807) is 0 Å². The Morgan fingerprint density at radius 2 is 1.73 bits per heavy atom. The van der Waals surface area contributed by atoms with E-state index in [9.17, 15) is 4.79 Å². The van der Waals surface area contributed by atoms with Crippen molar-refractivity contribution in [1.82, 2.24) is 29.5 Å². The number of hydrogen-bond donors (Lipinski definition) is 2. The number of nitrogens with one attached hydrogen (secondary N) is 2. The third-order valence-electron chi connectivity index (χ3n) is 8.18. The number of aromatic nitrogens is 4. The minimum absolute atomic E-state index is 0.0938. The van der Waals surface area contributed by atoms with Crippen molar-refractivity contribution in [2.24, 2.45) is 0 Å². The topological polar surface area (TPSA) is 85.3 Å². The summed E-state index contributed by atoms with van der Waals surface area (Å²) in [5.74, 6) is 0.298. The number of piperidine rings is 1. The Balaban J connectivity index is 1.33. The monoisotopic (exact) mass is 508 g/mol. The van der Waals surface area contributed by atoms with Gasteiger partial charge >= 0.3 is 6.03 Å². The summed E-state index contributed by atoms with van der Waals surface area (Å²) in [6.45, 7) is 4.93. The van der Waals surface area contributed by atoms with Crippen molar-refractivity contribution in [2.45, 2.75) is 57.4 Å². The van der Waals surface area contributed by atoms with Crippen LogP contribution in [0, 0.1) is 5.82 Å². The number of anilines is 2. The number of hydrogen-bond acceptors (Lipinski definition) is 5. The van der Waals surface area contributed by atoms with E-state index in [2.05, 4.69) is 27.1 Å². The number of aromatic amines is 1. The van der Waals surface area contributed by atoms with Crippen molar-refractivity contribution in [3.05, 3.63) is 24.1 Å². The molecule has 2 aromatic heterocycles. The van der Waals surface area contributed by atoms with Gasteiger partial charge in [-0.1, -0.05) is 19.3 Å². The lowest BCUT2D eigenvalue weighted by Gasteiger charge is -2.34. The van der Waals surface area contributed by atoms with Gasteiger partial charge in [0.25, 0.3) is 0 Å². The number of piperazine rings is 1. The number of likely N-dealkylation sites (tertiary alicyclic amines) is 1. The molecule has 4 heterocycles. The van der Waals surface area contributed by atoms with Crippen LogP contribution < -0.4 is 10.2 Å². The molecule has 0 atom stereocenters. The molecule has 3 aromatic rings. The number of carbonyl (C=O) groups excluding carboxylic acids is 1. The molecule has 0 bridgehead atoms. The second-order valence-corrected chi connectivity index (χ2v) is 10.8. The van der Waals surface area contributed by atoms with Crippen LogP contribution in [0.4, 0.5) is 20.6 Å². The van der Waals surface area contributed by atoms with E-state index in [0.717, 1.165) is 65.0 Å². The second kappa shape index (κ2) is 10.3. The van der Waals surface area contributed by atoms with Crippen LogP contribution in [0.5, 0.6) is 0 Å². The molecule has 2 saturated heterocycles. The summed E-state index contributed by atoms with van der Waals surface area (Å²) in [7, 11) is 2.09. The number of carbonyl (C=O) groups is 1. The standard InChI is InChI=1S/C27H37FN8O/c1-33-12-14-34(15-13-33)24-17-22-21(16-20(24)28)29-26(30-22)25-23(31-27(37)35-10-6-3-7-11-35)18-36(32-25)19-8-4-2-5-9-19/h16-19H,2-15H2,1H3,(H,29,30)(H,31,37). The largest absolute Gasteiger partial charge is 0.367 e. The van der Waals surface area contributed by atoms with Crippen LogP contribution in [0.2, 0.25) is 0 Å². The number of imidazole rings is 1. The van der Waals surface area contributed by atoms with Gasteiger partial charge in [-0.15, -0.1) is 0 Å². The number of H-pyrrole nitrogens is 1. The van der Waals surface area contributed by atoms with Crippen LogP contribution in [0.15, 0.2) is 18.3 Å². The highest BCUT2D eigenvalue weighted by Crippen LogP contribution is 2.34. The number of rotatable bonds is 4. The molecular weight excluding hydrogens is 471 g/mol. The molecule has 0 unspecified atom stereocenters. The van der Waals surface area contributed by atoms with E-state index in [1.165, 1.54) is 31.7 Å². The number of fused-ring (bicyclic) bond motifs is 1. The van der Waals surface area contributed by atoms with Crippen molar-refractivity contribution in [3.63, 3.8) is 0 Å². The molecular formula is C27H37FN8O. The minimum atomic E-state index is -0.251. The Bertz CT molecular complexity index is 1250. The molecule has 10 heteroatoms. The highest BCUT2D eigenvalue weighted by molar-refractivity contribution is 5.94. The summed E-state index contributed by atoms with van der Waals surface area (Å²) in [4.78, 5) is 27.4. The predicted molar refractivity (Wildman–Crippen MR) is 144 cm³/mol. The molecule has 1 aromatic carbocycles. The van der Waals surface area contributed by atoms with Gasteiger partial charge in [-0.25, -0.2) is 14.2 Å². The Morgan fingerprint density at radius 3 is 2.49 bits per heavy atom. The molecule has 37 heavy (non-hydrogen) atoms. The molecule has 6 rings (SSSR count). The molecule has 2 amide bonds. The number of likely N-dealkylation sites (N-methyl/N-ethyl adjacent to an activating group) is 1. The molecule has 1 saturated carbocycles. The lowest BCUT2D eigenvalue weighted by molar-refractivity contribution is 0.200. The summed E-state index contributed by atoms with van der Waals surface area (Å²) >= 11 is 0. The summed E-state index contributed by atoms with van der Waals surface area (Å²) in [5.41, 5.74) is 3.18. The average Bonchev–Trinajstić information content (AvgIpc) is 3.53. The van der Waals surface area contributed by atoms with Crippen LogP contribution >= 0.6 is 0 Å². The molecule has 1 aliphatic carbocycles. The second-order valence-electron chi connectivity index (χ2n) is 10.8. The fraction of sp³-hybridized carbons (Fsp3) is 0.593. The van der Waals surface area contributed by atoms with Gasteiger partial charge in [-0.2, -0.15) is 5.10 Å². The zero-order valence-corrected chi connectivity index (χ0v) is 21.7. The third kappa shape index (κ3) is 5.03. The Hall–Kier alpha value is -3.14. The first-order valence-corrected chi connectivity index (χ1v) is 13.8. The van der Waals surface area contributed by atoms with Crippen molar-refractivity contribution < 1.29 is 9.18 Å². The Kier molecular flexibility index (Phi) is 6.75. The van der Waals surface area contributed by atoms with Gasteiger partial charge < -0.3 is 25.0 Å². The molecule has 0 radical (unpaired) electrons. The molecule has 2 aliphatic heterocycles. The number of nitrogens with zero attached hydrogens (tertiary/aromatic N) is 6. The van der Waals surface area contributed by atoms with E-state index in [1.807, 2.05) is 21.8 Å². The van der Waals surface area contributed by atoms with Gasteiger partial charge in [0.2, 0.25) is 0 Å². The summed E-state index contributed by atoms with van der Waals surface area (Å²) in [6, 6.07) is 3.59. The van der Waals surface area contributed by atoms with Crippen molar-refractivity contribution in [2.75, 3.05) is 56.5 Å². The summed E-state index contributed by atoms with van der Waals surface area (Å²) in [6.07, 6.45) is 11.0. The third-order valence-corrected chi connectivity index (χ3v) is 8.18. The molecule has 3 fully saturated rings. The molecule has 2 N–H and O–H groups in total. The summed E-state index contributed by atoms with van der Waals surface area (Å²) in [5, 5.41) is 8.04. The maximum absolute atomic E-state index is 15.1. The molecule has 3 aliphatic rings. The predicted octanol–water partition coefficient (Wildman–Crippen LogP) is 4.84. The molecule has 198 valence electrons. The fourth-order valence-corrected chi connectivity index (χ4v) is 5.90. The maximum Gasteiger partial charge on any atom is 0.321 e. The van der Waals surface area contributed by atoms with Gasteiger partial charge in [-0.05, 0) is 45.2 Å². The first-order valence-electron chi connectivity index (χ1n) is 13.8. The minimum Gasteiger partial charge on any atom is -0.367 e. The maximum atomic E-state index is 15.1. The van der Waals surface area contributed by atoms with Crippen LogP contribution in [0.1, 0.15) is 57.4 Å². The first kappa shape index (κ1) is 24.2. The Morgan fingerprint density at radius 1 is 1.00 bits per heavy atom. The van der Waals surface area contributed by atoms with Crippen LogP contribution in [0.25, 0.3) is 22.6 Å². The highest BCUT2D eigenvalue weighted by Gasteiger charge is 2.25. The van der Waals surface area contributed by atoms with Crippen molar-refractivity contribution >= 4 is 28.4 Å². The SMILES string of the molecule is CN1CCN(c2cc3nc(-c4nn(C5CCCCC5)cc4NC(=O)N4CCCCC4)[nH]c3cc2F)CC1. The van der Waals surface area contributed by atoms with E-state index in [4.69, 9.17) is 10.1 Å². The van der Waals surface area contributed by atoms with E-state index in [0.29, 0.717) is 40.0 Å². The highest BCUT2D eigenvalue weighted by atomic mass is 19.1. The van der Waals surface area contributed by atoms with Gasteiger partial charge in [0.05, 0.1) is 28.5 Å². The number of halogens is 1. The van der Waals surface area contributed by atoms with Gasteiger partial charge in [-0.3, -0.25) is 4.68 Å². The quantitative estimate of drug-likeness (QED) is 0.527. The zero-order valence-electron chi connectivity index (χ0n) is 21.7. The Labute approximate surface area is 217 Å². The smallest absolute Gasteiger partial charge is 0.321 e. The van der Waals surface area contributed by atoms with Crippen molar-refractivity contribution in [1.29, 1.82) is 0 Å². The van der Waals surface area contributed by atoms with Gasteiger partial charge in [0.1, 0.15) is 5.82 Å². The summed E-state index contributed by atoms with van der Waals surface area (Å²) < 4.78 is 17.1. The van der Waals surface area contributed by atoms with E-state index in [-0.39, 0.29) is 11.8 Å². The van der Waals surface area contributed by atoms with Gasteiger partial charge in [0, 0.05) is 51.5 Å². The van der Waals surface area contributed by atoms with Crippen LogP contribution in [-0.2, 0) is 0 Å². The number of benzene rings is 1. The van der Waals surface area contributed by atoms with Crippen LogP contribution in [-0.4, -0.2) is 81.9 Å². The average molecular weight is 509 g/mol. The zero-order chi connectivity index (χ0) is 25.4. The molecule has 0 spiro atoms. The number of amides is 2. The van der Waals surface area contributed by atoms with Crippen molar-refractivity contribution in [3.8, 4) is 11.5 Å². The first-order chi connectivity index (χ1) is 18.0. The lowest BCUT2D eigenvalue weighted by atomic mass is 9.96. The van der Waals surface area contributed by atoms with Crippen LogP contribution in [0.3, 0.4) is 0 Å². The fourth-order valence-electron chi connectivity index (χ4n) is 5.90. The number of urea groups is 1. The van der Waals surface area contributed by atoms with E-state index >= 15 is 4.39 Å². The lowest BCUT2D eigenvalue weighted by Crippen LogP contribution is -2.44.